The van der Waals surface area contributed by atoms with Gasteiger partial charge in [-0.15, -0.1) is 0 Å². The average molecular weight is 402 g/mol. The van der Waals surface area contributed by atoms with Gasteiger partial charge in [0.2, 0.25) is 11.8 Å². The molecular weight excluding hydrogens is 366 g/mol. The monoisotopic (exact) mass is 401 g/mol. The van der Waals surface area contributed by atoms with Gasteiger partial charge in [-0.05, 0) is 38.1 Å². The Balaban J connectivity index is 4.81. The zero-order valence-corrected chi connectivity index (χ0v) is 16.7. The number of carbonyl (C=O) groups excluding carboxylic acids is 2. The molecule has 0 aromatic carbocycles. The topological polar surface area (TPSA) is 212 Å². The van der Waals surface area contributed by atoms with E-state index in [4.69, 9.17) is 22.9 Å². The van der Waals surface area contributed by atoms with Gasteiger partial charge in [-0.3, -0.25) is 14.6 Å². The molecule has 11 nitrogen and oxygen atoms in total. The number of amides is 2. The standard InChI is InChI=1S/C17H35N7O4/c1-10(2)13(24-14(25)11(19)6-3-4-8-18)15(26)23-12(16(27)28)7-5-9-22-17(20)21/h10-13H,3-9,18-19H2,1-2H3,(H,23,26)(H,24,25)(H,27,28)(H4,20,21,22). The molecule has 0 aliphatic rings. The third-order valence-corrected chi connectivity index (χ3v) is 4.11. The van der Waals surface area contributed by atoms with Gasteiger partial charge in [-0.2, -0.15) is 0 Å². The molecular formula is C17H35N7O4. The Kier molecular flexibility index (Phi) is 12.5. The Labute approximate surface area is 165 Å². The maximum absolute atomic E-state index is 12.5. The first kappa shape index (κ1) is 25.6. The van der Waals surface area contributed by atoms with Gasteiger partial charge in [-0.25, -0.2) is 4.79 Å². The lowest BCUT2D eigenvalue weighted by Crippen LogP contribution is -2.56. The average Bonchev–Trinajstić information content (AvgIpc) is 2.61. The van der Waals surface area contributed by atoms with Crippen molar-refractivity contribution in [3.63, 3.8) is 0 Å². The van der Waals surface area contributed by atoms with Crippen LogP contribution in [-0.4, -0.2) is 60.1 Å². The summed E-state index contributed by atoms with van der Waals surface area (Å²) in [6.45, 7) is 4.27. The Morgan fingerprint density at radius 3 is 2.14 bits per heavy atom. The largest absolute Gasteiger partial charge is 0.480 e. The summed E-state index contributed by atoms with van der Waals surface area (Å²) in [4.78, 5) is 40.0. The molecule has 0 radical (unpaired) electrons. The van der Waals surface area contributed by atoms with E-state index in [2.05, 4.69) is 15.6 Å². The van der Waals surface area contributed by atoms with E-state index in [0.717, 1.165) is 6.42 Å². The van der Waals surface area contributed by atoms with E-state index >= 15 is 0 Å². The molecule has 0 aromatic heterocycles. The third-order valence-electron chi connectivity index (χ3n) is 4.11. The first-order chi connectivity index (χ1) is 13.1. The van der Waals surface area contributed by atoms with Gasteiger partial charge in [0.25, 0.3) is 0 Å². The molecule has 0 fully saturated rings. The molecule has 0 aromatic rings. The highest BCUT2D eigenvalue weighted by molar-refractivity contribution is 5.91. The molecule has 3 atom stereocenters. The van der Waals surface area contributed by atoms with E-state index in [1.807, 2.05) is 0 Å². The van der Waals surface area contributed by atoms with Crippen molar-refractivity contribution in [2.24, 2.45) is 33.8 Å². The number of carbonyl (C=O) groups is 3. The predicted octanol–water partition coefficient (Wildman–Crippen LogP) is -1.79. The molecule has 0 aliphatic heterocycles. The number of carboxylic acids is 1. The number of hydrogen-bond acceptors (Lipinski definition) is 6. The Bertz CT molecular complexity index is 536. The highest BCUT2D eigenvalue weighted by Crippen LogP contribution is 2.06. The van der Waals surface area contributed by atoms with Gasteiger partial charge >= 0.3 is 5.97 Å². The fraction of sp³-hybridized carbons (Fsp3) is 0.765. The van der Waals surface area contributed by atoms with E-state index in [-0.39, 0.29) is 24.8 Å². The zero-order chi connectivity index (χ0) is 21.7. The lowest BCUT2D eigenvalue weighted by molar-refractivity contribution is -0.142. The van der Waals surface area contributed by atoms with Crippen molar-refractivity contribution < 1.29 is 19.5 Å². The number of aliphatic imine (C=N–C) groups is 1. The summed E-state index contributed by atoms with van der Waals surface area (Å²) in [6, 6.07) is -2.76. The minimum Gasteiger partial charge on any atom is -0.480 e. The lowest BCUT2D eigenvalue weighted by atomic mass is 10.0. The number of nitrogens with zero attached hydrogens (tertiary/aromatic N) is 1. The molecule has 28 heavy (non-hydrogen) atoms. The van der Waals surface area contributed by atoms with Crippen molar-refractivity contribution in [2.75, 3.05) is 13.1 Å². The second kappa shape index (κ2) is 13.7. The van der Waals surface area contributed by atoms with E-state index in [9.17, 15) is 19.5 Å². The van der Waals surface area contributed by atoms with Crippen LogP contribution in [0.3, 0.4) is 0 Å². The predicted molar refractivity (Wildman–Crippen MR) is 107 cm³/mol. The van der Waals surface area contributed by atoms with Crippen molar-refractivity contribution in [1.82, 2.24) is 10.6 Å². The summed E-state index contributed by atoms with van der Waals surface area (Å²) in [5.74, 6) is -2.54. The fourth-order valence-electron chi connectivity index (χ4n) is 2.46. The second-order valence-corrected chi connectivity index (χ2v) is 6.97. The van der Waals surface area contributed by atoms with Crippen LogP contribution in [0, 0.1) is 5.92 Å². The first-order valence-corrected chi connectivity index (χ1v) is 9.44. The lowest BCUT2D eigenvalue weighted by Gasteiger charge is -2.25. The summed E-state index contributed by atoms with van der Waals surface area (Å²) in [5.41, 5.74) is 21.7. The highest BCUT2D eigenvalue weighted by atomic mass is 16.4. The molecule has 0 rings (SSSR count). The van der Waals surface area contributed by atoms with Crippen LogP contribution >= 0.6 is 0 Å². The highest BCUT2D eigenvalue weighted by Gasteiger charge is 2.29. The molecule has 3 unspecified atom stereocenters. The van der Waals surface area contributed by atoms with Crippen LogP contribution in [0.5, 0.6) is 0 Å². The molecule has 0 bridgehead atoms. The number of carboxylic acid groups (broad SMARTS) is 1. The van der Waals surface area contributed by atoms with Crippen molar-refractivity contribution in [3.05, 3.63) is 0 Å². The van der Waals surface area contributed by atoms with Crippen LogP contribution in [0.25, 0.3) is 0 Å². The van der Waals surface area contributed by atoms with Gasteiger partial charge in [0.15, 0.2) is 5.96 Å². The van der Waals surface area contributed by atoms with Crippen molar-refractivity contribution in [2.45, 2.75) is 64.1 Å². The molecule has 11 heteroatoms. The van der Waals surface area contributed by atoms with Crippen molar-refractivity contribution in [1.29, 1.82) is 0 Å². The van der Waals surface area contributed by atoms with E-state index in [0.29, 0.717) is 25.8 Å². The number of rotatable bonds is 14. The summed E-state index contributed by atoms with van der Waals surface area (Å²) < 4.78 is 0. The van der Waals surface area contributed by atoms with Crippen LogP contribution in [0.1, 0.15) is 46.0 Å². The van der Waals surface area contributed by atoms with E-state index in [1.165, 1.54) is 0 Å². The SMILES string of the molecule is CC(C)C(NC(=O)C(N)CCCCN)C(=O)NC(CCCN=C(N)N)C(=O)O. The number of hydrogen-bond donors (Lipinski definition) is 7. The van der Waals surface area contributed by atoms with Crippen LogP contribution in [-0.2, 0) is 14.4 Å². The number of aliphatic carboxylic acids is 1. The summed E-state index contributed by atoms with van der Waals surface area (Å²) in [6.07, 6.45) is 2.45. The second-order valence-electron chi connectivity index (χ2n) is 6.97. The number of guanidine groups is 1. The van der Waals surface area contributed by atoms with Gasteiger partial charge in [0.1, 0.15) is 12.1 Å². The minimum atomic E-state index is -1.18. The Morgan fingerprint density at radius 2 is 1.64 bits per heavy atom. The number of unbranched alkanes of at least 4 members (excludes halogenated alkanes) is 1. The van der Waals surface area contributed by atoms with Gasteiger partial charge < -0.3 is 38.7 Å². The normalized spacial score (nSPS) is 14.0. The van der Waals surface area contributed by atoms with Crippen LogP contribution in [0.2, 0.25) is 0 Å². The molecule has 0 saturated carbocycles. The van der Waals surface area contributed by atoms with Gasteiger partial charge in [0, 0.05) is 6.54 Å². The maximum atomic E-state index is 12.5. The molecule has 0 saturated heterocycles. The molecule has 0 aliphatic carbocycles. The molecule has 11 N–H and O–H groups in total. The zero-order valence-electron chi connectivity index (χ0n) is 16.7. The fourth-order valence-corrected chi connectivity index (χ4v) is 2.46. The summed E-state index contributed by atoms with van der Waals surface area (Å²) in [7, 11) is 0. The molecule has 0 spiro atoms. The minimum absolute atomic E-state index is 0.0821. The van der Waals surface area contributed by atoms with Gasteiger partial charge in [-0.1, -0.05) is 20.3 Å². The maximum Gasteiger partial charge on any atom is 0.326 e. The van der Waals surface area contributed by atoms with E-state index < -0.39 is 35.9 Å². The number of nitrogens with one attached hydrogen (secondary N) is 2. The summed E-state index contributed by atoms with van der Waals surface area (Å²) in [5, 5.41) is 14.4. The van der Waals surface area contributed by atoms with Gasteiger partial charge in [0.05, 0.1) is 6.04 Å². The van der Waals surface area contributed by atoms with Crippen molar-refractivity contribution >= 4 is 23.7 Å². The molecule has 162 valence electrons. The van der Waals surface area contributed by atoms with Crippen LogP contribution in [0.15, 0.2) is 4.99 Å². The molecule has 2 amide bonds. The molecule has 0 heterocycles. The van der Waals surface area contributed by atoms with Crippen LogP contribution < -0.4 is 33.6 Å². The van der Waals surface area contributed by atoms with Crippen LogP contribution in [0.4, 0.5) is 0 Å². The number of nitrogens with two attached hydrogens (primary N) is 4. The Morgan fingerprint density at radius 1 is 1.00 bits per heavy atom. The third kappa shape index (κ3) is 10.7. The first-order valence-electron chi connectivity index (χ1n) is 9.44. The smallest absolute Gasteiger partial charge is 0.326 e. The quantitative estimate of drug-likeness (QED) is 0.0999. The summed E-state index contributed by atoms with van der Waals surface area (Å²) >= 11 is 0. The van der Waals surface area contributed by atoms with E-state index in [1.54, 1.807) is 13.8 Å². The van der Waals surface area contributed by atoms with Crippen molar-refractivity contribution in [3.8, 4) is 0 Å². The Hall–Kier alpha value is -2.40.